The smallest absolute Gasteiger partial charge is 0.322 e. The van der Waals surface area contributed by atoms with Gasteiger partial charge in [-0.3, -0.25) is 9.48 Å². The van der Waals surface area contributed by atoms with Crippen molar-refractivity contribution >= 4 is 34.8 Å². The van der Waals surface area contributed by atoms with Crippen LogP contribution in [0.5, 0.6) is 0 Å². The van der Waals surface area contributed by atoms with E-state index >= 15 is 0 Å². The molecule has 0 bridgehead atoms. The summed E-state index contributed by atoms with van der Waals surface area (Å²) in [5, 5.41) is 6.20. The molecular weight excluding hydrogens is 342 g/mol. The van der Waals surface area contributed by atoms with Crippen LogP contribution in [0.3, 0.4) is 0 Å². The first-order valence-corrected chi connectivity index (χ1v) is 6.73. The maximum Gasteiger partial charge on any atom is 0.435 e. The molecule has 0 aliphatic heterocycles. The van der Waals surface area contributed by atoms with Crippen LogP contribution in [-0.4, -0.2) is 15.7 Å². The van der Waals surface area contributed by atoms with Gasteiger partial charge in [0.1, 0.15) is 0 Å². The topological polar surface area (TPSA) is 46.9 Å². The summed E-state index contributed by atoms with van der Waals surface area (Å²) in [6.45, 7) is 1.68. The van der Waals surface area contributed by atoms with Crippen molar-refractivity contribution in [2.45, 2.75) is 13.1 Å². The van der Waals surface area contributed by atoms with E-state index in [2.05, 4.69) is 10.4 Å². The van der Waals surface area contributed by atoms with E-state index in [1.165, 1.54) is 19.2 Å². The second kappa shape index (κ2) is 5.81. The molecule has 0 spiro atoms. The number of carbonyl (C=O) groups is 1. The molecule has 9 heteroatoms. The standard InChI is InChI=1S/C13H10Cl2F3N3O/c1-6-9(14)3-7(4-10(6)15)19-12(22)8-5-21(2)20-11(8)13(16,17)18/h3-5H,1-2H3,(H,19,22). The summed E-state index contributed by atoms with van der Waals surface area (Å²) in [6, 6.07) is 2.81. The van der Waals surface area contributed by atoms with E-state index in [4.69, 9.17) is 23.2 Å². The third-order valence-electron chi connectivity index (χ3n) is 2.88. The van der Waals surface area contributed by atoms with Gasteiger partial charge in [0.25, 0.3) is 5.91 Å². The molecule has 0 unspecified atom stereocenters. The highest BCUT2D eigenvalue weighted by Gasteiger charge is 2.39. The third kappa shape index (κ3) is 3.36. The van der Waals surface area contributed by atoms with Gasteiger partial charge in [-0.25, -0.2) is 0 Å². The zero-order chi connectivity index (χ0) is 16.7. The van der Waals surface area contributed by atoms with Crippen LogP contribution in [0.1, 0.15) is 21.6 Å². The van der Waals surface area contributed by atoms with Crippen LogP contribution < -0.4 is 5.32 Å². The number of hydrogen-bond donors (Lipinski definition) is 1. The lowest BCUT2D eigenvalue weighted by Crippen LogP contribution is -2.17. The minimum Gasteiger partial charge on any atom is -0.322 e. The summed E-state index contributed by atoms with van der Waals surface area (Å²) in [5.41, 5.74) is -1.03. The van der Waals surface area contributed by atoms with Crippen LogP contribution >= 0.6 is 23.2 Å². The molecule has 0 aliphatic carbocycles. The predicted octanol–water partition coefficient (Wildman–Crippen LogP) is 4.31. The largest absolute Gasteiger partial charge is 0.435 e. The number of anilines is 1. The van der Waals surface area contributed by atoms with Crippen molar-refractivity contribution in [3.05, 3.63) is 45.2 Å². The monoisotopic (exact) mass is 351 g/mol. The number of halogens is 5. The Bertz CT molecular complexity index is 718. The Morgan fingerprint density at radius 1 is 1.27 bits per heavy atom. The number of nitrogens with zero attached hydrogens (tertiary/aromatic N) is 2. The fourth-order valence-corrected chi connectivity index (χ4v) is 2.27. The van der Waals surface area contributed by atoms with Crippen LogP contribution in [0.15, 0.2) is 18.3 Å². The number of alkyl halides is 3. The Kier molecular flexibility index (Phi) is 4.39. The molecule has 0 saturated heterocycles. The van der Waals surface area contributed by atoms with Gasteiger partial charge in [0, 0.05) is 29.0 Å². The maximum absolute atomic E-state index is 12.8. The van der Waals surface area contributed by atoms with Gasteiger partial charge < -0.3 is 5.32 Å². The molecule has 0 aliphatic rings. The average Bonchev–Trinajstić information content (AvgIpc) is 2.78. The van der Waals surface area contributed by atoms with Gasteiger partial charge in [-0.2, -0.15) is 18.3 Å². The second-order valence-electron chi connectivity index (χ2n) is 4.58. The number of amides is 1. The Balaban J connectivity index is 2.35. The van der Waals surface area contributed by atoms with Crippen LogP contribution in [0.4, 0.5) is 18.9 Å². The number of aromatic nitrogens is 2. The van der Waals surface area contributed by atoms with Crippen LogP contribution in [0, 0.1) is 6.92 Å². The van der Waals surface area contributed by atoms with E-state index in [-0.39, 0.29) is 5.69 Å². The van der Waals surface area contributed by atoms with E-state index in [0.717, 1.165) is 10.9 Å². The molecule has 1 heterocycles. The van der Waals surface area contributed by atoms with Gasteiger partial charge in [-0.1, -0.05) is 23.2 Å². The molecule has 0 saturated carbocycles. The fourth-order valence-electron chi connectivity index (χ4n) is 1.78. The minimum atomic E-state index is -4.73. The molecule has 1 amide bonds. The summed E-state index contributed by atoms with van der Waals surface area (Å²) in [6.07, 6.45) is -3.73. The van der Waals surface area contributed by atoms with Crippen molar-refractivity contribution in [1.29, 1.82) is 0 Å². The van der Waals surface area contributed by atoms with Gasteiger partial charge in [-0.05, 0) is 24.6 Å². The summed E-state index contributed by atoms with van der Waals surface area (Å²) >= 11 is 11.8. The first-order valence-electron chi connectivity index (χ1n) is 5.97. The van der Waals surface area contributed by atoms with Crippen molar-refractivity contribution in [3.63, 3.8) is 0 Å². The van der Waals surface area contributed by atoms with Crippen LogP contribution in [-0.2, 0) is 13.2 Å². The number of nitrogens with one attached hydrogen (secondary N) is 1. The van der Waals surface area contributed by atoms with Crippen molar-refractivity contribution in [1.82, 2.24) is 9.78 Å². The lowest BCUT2D eigenvalue weighted by Gasteiger charge is -2.09. The number of benzene rings is 1. The zero-order valence-corrected chi connectivity index (χ0v) is 12.9. The molecule has 0 fully saturated rings. The molecule has 1 aromatic carbocycles. The lowest BCUT2D eigenvalue weighted by molar-refractivity contribution is -0.141. The van der Waals surface area contributed by atoms with Gasteiger partial charge in [0.2, 0.25) is 0 Å². The molecule has 118 valence electrons. The first-order chi connectivity index (χ1) is 10.1. The minimum absolute atomic E-state index is 0.197. The zero-order valence-electron chi connectivity index (χ0n) is 11.4. The van der Waals surface area contributed by atoms with E-state index in [1.54, 1.807) is 6.92 Å². The lowest BCUT2D eigenvalue weighted by atomic mass is 10.2. The molecule has 4 nitrogen and oxygen atoms in total. The molecule has 2 rings (SSSR count). The molecule has 22 heavy (non-hydrogen) atoms. The van der Waals surface area contributed by atoms with Crippen molar-refractivity contribution in [2.75, 3.05) is 5.32 Å². The predicted molar refractivity (Wildman–Crippen MR) is 77.4 cm³/mol. The number of aryl methyl sites for hydroxylation is 1. The van der Waals surface area contributed by atoms with Gasteiger partial charge in [-0.15, -0.1) is 0 Å². The Morgan fingerprint density at radius 2 is 1.82 bits per heavy atom. The summed E-state index contributed by atoms with van der Waals surface area (Å²) in [4.78, 5) is 12.1. The highest BCUT2D eigenvalue weighted by molar-refractivity contribution is 6.36. The molecule has 0 radical (unpaired) electrons. The SMILES string of the molecule is Cc1c(Cl)cc(NC(=O)c2cn(C)nc2C(F)(F)F)cc1Cl. The fraction of sp³-hybridized carbons (Fsp3) is 0.231. The molecule has 0 atom stereocenters. The van der Waals surface area contributed by atoms with Gasteiger partial charge in [0.15, 0.2) is 5.69 Å². The Labute approximate surface area is 133 Å². The summed E-state index contributed by atoms with van der Waals surface area (Å²) in [5.74, 6) is -0.948. The number of hydrogen-bond acceptors (Lipinski definition) is 2. The van der Waals surface area contributed by atoms with Crippen molar-refractivity contribution in [2.24, 2.45) is 7.05 Å². The molecule has 1 aromatic heterocycles. The Hall–Kier alpha value is -1.73. The number of rotatable bonds is 2. The molecule has 1 N–H and O–H groups in total. The maximum atomic E-state index is 12.8. The normalized spacial score (nSPS) is 11.6. The third-order valence-corrected chi connectivity index (χ3v) is 3.67. The average molecular weight is 352 g/mol. The molecular formula is C13H10Cl2F3N3O. The van der Waals surface area contributed by atoms with E-state index in [0.29, 0.717) is 15.6 Å². The van der Waals surface area contributed by atoms with E-state index in [1.807, 2.05) is 0 Å². The quantitative estimate of drug-likeness (QED) is 0.876. The van der Waals surface area contributed by atoms with Crippen LogP contribution in [0.2, 0.25) is 10.0 Å². The van der Waals surface area contributed by atoms with Crippen molar-refractivity contribution in [3.8, 4) is 0 Å². The molecule has 2 aromatic rings. The summed E-state index contributed by atoms with van der Waals surface area (Å²) < 4.78 is 39.5. The van der Waals surface area contributed by atoms with Crippen molar-refractivity contribution < 1.29 is 18.0 Å². The van der Waals surface area contributed by atoms with Gasteiger partial charge in [0.05, 0.1) is 5.56 Å². The first kappa shape index (κ1) is 16.6. The Morgan fingerprint density at radius 3 is 2.32 bits per heavy atom. The second-order valence-corrected chi connectivity index (χ2v) is 5.40. The van der Waals surface area contributed by atoms with Crippen LogP contribution in [0.25, 0.3) is 0 Å². The summed E-state index contributed by atoms with van der Waals surface area (Å²) in [7, 11) is 1.30. The highest BCUT2D eigenvalue weighted by atomic mass is 35.5. The highest BCUT2D eigenvalue weighted by Crippen LogP contribution is 2.32. The van der Waals surface area contributed by atoms with Gasteiger partial charge >= 0.3 is 6.18 Å². The van der Waals surface area contributed by atoms with E-state index < -0.39 is 23.3 Å². The number of carbonyl (C=O) groups excluding carboxylic acids is 1. The van der Waals surface area contributed by atoms with E-state index in [9.17, 15) is 18.0 Å².